The zero-order valence-corrected chi connectivity index (χ0v) is 11.5. The van der Waals surface area contributed by atoms with Gasteiger partial charge in [0.2, 0.25) is 0 Å². The predicted molar refractivity (Wildman–Crippen MR) is 80.7 cm³/mol. The third-order valence-corrected chi connectivity index (χ3v) is 3.86. The number of amides is 1. The quantitative estimate of drug-likeness (QED) is 0.593. The zero-order chi connectivity index (χ0) is 14.8. The molecule has 1 aromatic heterocycles. The first-order chi connectivity index (χ1) is 10.1. The molecule has 2 aromatic carbocycles. The lowest BCUT2D eigenvalue weighted by Crippen LogP contribution is -2.11. The number of thiazole rings is 1. The van der Waals surface area contributed by atoms with E-state index in [1.807, 2.05) is 24.3 Å². The molecule has 0 aliphatic heterocycles. The van der Waals surface area contributed by atoms with Gasteiger partial charge in [-0.3, -0.25) is 14.9 Å². The molecule has 0 radical (unpaired) electrons. The molecule has 1 amide bonds. The van der Waals surface area contributed by atoms with Crippen LogP contribution in [0.5, 0.6) is 0 Å². The van der Waals surface area contributed by atoms with Gasteiger partial charge in [-0.2, -0.15) is 0 Å². The number of rotatable bonds is 3. The maximum Gasteiger partial charge on any atom is 0.284 e. The maximum absolute atomic E-state index is 12.1. The van der Waals surface area contributed by atoms with E-state index < -0.39 is 4.92 Å². The van der Waals surface area contributed by atoms with Gasteiger partial charge >= 0.3 is 0 Å². The van der Waals surface area contributed by atoms with Gasteiger partial charge < -0.3 is 5.32 Å². The Morgan fingerprint density at radius 2 is 1.86 bits per heavy atom. The number of carbonyl (C=O) groups is 1. The lowest BCUT2D eigenvalue weighted by Gasteiger charge is -2.01. The number of nitro benzene ring substituents is 1. The topological polar surface area (TPSA) is 85.1 Å². The molecule has 21 heavy (non-hydrogen) atoms. The monoisotopic (exact) mass is 299 g/mol. The second-order valence-corrected chi connectivity index (χ2v) is 5.28. The summed E-state index contributed by atoms with van der Waals surface area (Å²) in [7, 11) is 0. The van der Waals surface area contributed by atoms with Crippen molar-refractivity contribution in [2.24, 2.45) is 0 Å². The number of hydrogen-bond acceptors (Lipinski definition) is 5. The summed E-state index contributed by atoms with van der Waals surface area (Å²) in [6.07, 6.45) is 0. The van der Waals surface area contributed by atoms with Crippen LogP contribution < -0.4 is 5.32 Å². The van der Waals surface area contributed by atoms with Gasteiger partial charge in [0.15, 0.2) is 5.01 Å². The number of para-hydroxylation sites is 1. The average molecular weight is 299 g/mol. The Labute approximate surface area is 123 Å². The molecule has 3 rings (SSSR count). The molecule has 1 N–H and O–H groups in total. The number of hydrogen-bond donors (Lipinski definition) is 1. The van der Waals surface area contributed by atoms with Crippen molar-refractivity contribution in [1.82, 2.24) is 4.98 Å². The number of carbonyl (C=O) groups excluding carboxylic acids is 1. The van der Waals surface area contributed by atoms with E-state index in [2.05, 4.69) is 10.3 Å². The molecule has 1 heterocycles. The Balaban J connectivity index is 1.80. The first-order valence-electron chi connectivity index (χ1n) is 6.05. The fraction of sp³-hybridized carbons (Fsp3) is 0. The molecule has 0 aliphatic rings. The molecule has 0 fully saturated rings. The van der Waals surface area contributed by atoms with Crippen LogP contribution in [0.4, 0.5) is 11.4 Å². The first-order valence-corrected chi connectivity index (χ1v) is 6.86. The number of aromatic nitrogens is 1. The van der Waals surface area contributed by atoms with Gasteiger partial charge in [0, 0.05) is 17.8 Å². The maximum atomic E-state index is 12.1. The van der Waals surface area contributed by atoms with Crippen LogP contribution in [0.3, 0.4) is 0 Å². The Kier molecular flexibility index (Phi) is 3.33. The van der Waals surface area contributed by atoms with Gasteiger partial charge in [0.1, 0.15) is 0 Å². The van der Waals surface area contributed by atoms with Gasteiger partial charge in [0.25, 0.3) is 11.6 Å². The molecular formula is C14H9N3O3S. The second-order valence-electron chi connectivity index (χ2n) is 4.24. The molecule has 0 spiro atoms. The van der Waals surface area contributed by atoms with E-state index in [0.29, 0.717) is 10.7 Å². The van der Waals surface area contributed by atoms with Crippen molar-refractivity contribution in [3.63, 3.8) is 0 Å². The summed E-state index contributed by atoms with van der Waals surface area (Å²) in [5.41, 5.74) is 1.24. The summed E-state index contributed by atoms with van der Waals surface area (Å²) in [6.45, 7) is 0. The Bertz CT molecular complexity index is 794. The summed E-state index contributed by atoms with van der Waals surface area (Å²) >= 11 is 1.30. The SMILES string of the molecule is O=C(Nc1ccc([N+](=O)[O-])cc1)c1nc2ccccc2s1. The van der Waals surface area contributed by atoms with Crippen LogP contribution >= 0.6 is 11.3 Å². The van der Waals surface area contributed by atoms with E-state index >= 15 is 0 Å². The molecule has 0 atom stereocenters. The summed E-state index contributed by atoms with van der Waals surface area (Å²) in [4.78, 5) is 26.4. The van der Waals surface area contributed by atoms with Crippen molar-refractivity contribution >= 4 is 38.8 Å². The third-order valence-electron chi connectivity index (χ3n) is 2.82. The van der Waals surface area contributed by atoms with Crippen molar-refractivity contribution in [2.75, 3.05) is 5.32 Å². The minimum absolute atomic E-state index is 0.0204. The normalized spacial score (nSPS) is 10.5. The van der Waals surface area contributed by atoms with Crippen LogP contribution in [0.2, 0.25) is 0 Å². The van der Waals surface area contributed by atoms with Crippen molar-refractivity contribution in [3.8, 4) is 0 Å². The van der Waals surface area contributed by atoms with Crippen LogP contribution in [0.1, 0.15) is 9.80 Å². The van der Waals surface area contributed by atoms with E-state index in [9.17, 15) is 14.9 Å². The molecule has 0 bridgehead atoms. The van der Waals surface area contributed by atoms with Gasteiger partial charge in [0.05, 0.1) is 15.1 Å². The van der Waals surface area contributed by atoms with E-state index in [4.69, 9.17) is 0 Å². The van der Waals surface area contributed by atoms with Crippen LogP contribution in [0.25, 0.3) is 10.2 Å². The lowest BCUT2D eigenvalue weighted by atomic mass is 10.3. The molecule has 0 aliphatic carbocycles. The fourth-order valence-corrected chi connectivity index (χ4v) is 2.68. The Morgan fingerprint density at radius 1 is 1.14 bits per heavy atom. The standard InChI is InChI=1S/C14H9N3O3S/c18-13(14-16-11-3-1-2-4-12(11)21-14)15-9-5-7-10(8-6-9)17(19)20/h1-8H,(H,15,18). The van der Waals surface area contributed by atoms with Crippen molar-refractivity contribution in [3.05, 3.63) is 63.7 Å². The van der Waals surface area contributed by atoms with Crippen LogP contribution in [0, 0.1) is 10.1 Å². The molecule has 0 saturated carbocycles. The molecule has 0 saturated heterocycles. The van der Waals surface area contributed by atoms with Gasteiger partial charge in [-0.25, -0.2) is 4.98 Å². The number of nitrogens with zero attached hydrogens (tertiary/aromatic N) is 2. The van der Waals surface area contributed by atoms with Crippen molar-refractivity contribution in [1.29, 1.82) is 0 Å². The highest BCUT2D eigenvalue weighted by Gasteiger charge is 2.13. The predicted octanol–water partition coefficient (Wildman–Crippen LogP) is 3.46. The second kappa shape index (κ2) is 5.29. The highest BCUT2D eigenvalue weighted by molar-refractivity contribution is 7.20. The van der Waals surface area contributed by atoms with E-state index in [0.717, 1.165) is 10.2 Å². The molecule has 6 nitrogen and oxygen atoms in total. The molecule has 0 unspecified atom stereocenters. The third kappa shape index (κ3) is 2.72. The highest BCUT2D eigenvalue weighted by Crippen LogP contribution is 2.23. The van der Waals surface area contributed by atoms with Crippen molar-refractivity contribution in [2.45, 2.75) is 0 Å². The number of benzene rings is 2. The van der Waals surface area contributed by atoms with Crippen LogP contribution in [-0.4, -0.2) is 15.8 Å². The van der Waals surface area contributed by atoms with E-state index in [1.165, 1.54) is 35.6 Å². The number of nitrogens with one attached hydrogen (secondary N) is 1. The number of nitro groups is 1. The first kappa shape index (κ1) is 13.2. The van der Waals surface area contributed by atoms with Crippen LogP contribution in [-0.2, 0) is 0 Å². The summed E-state index contributed by atoms with van der Waals surface area (Å²) in [5, 5.41) is 13.6. The van der Waals surface area contributed by atoms with E-state index in [1.54, 1.807) is 0 Å². The van der Waals surface area contributed by atoms with Crippen LogP contribution in [0.15, 0.2) is 48.5 Å². The largest absolute Gasteiger partial charge is 0.320 e. The number of anilines is 1. The highest BCUT2D eigenvalue weighted by atomic mass is 32.1. The molecular weight excluding hydrogens is 290 g/mol. The number of fused-ring (bicyclic) bond motifs is 1. The lowest BCUT2D eigenvalue weighted by molar-refractivity contribution is -0.384. The molecule has 7 heteroatoms. The van der Waals surface area contributed by atoms with Crippen molar-refractivity contribution < 1.29 is 9.72 Å². The molecule has 104 valence electrons. The smallest absolute Gasteiger partial charge is 0.284 e. The zero-order valence-electron chi connectivity index (χ0n) is 10.6. The summed E-state index contributed by atoms with van der Waals surface area (Å²) in [6, 6.07) is 13.2. The van der Waals surface area contributed by atoms with E-state index in [-0.39, 0.29) is 11.6 Å². The number of non-ortho nitro benzene ring substituents is 1. The fourth-order valence-electron chi connectivity index (χ4n) is 1.82. The van der Waals surface area contributed by atoms with Gasteiger partial charge in [-0.15, -0.1) is 11.3 Å². The van der Waals surface area contributed by atoms with Gasteiger partial charge in [-0.05, 0) is 24.3 Å². The molecule has 3 aromatic rings. The van der Waals surface area contributed by atoms with Gasteiger partial charge in [-0.1, -0.05) is 12.1 Å². The average Bonchev–Trinajstić information content (AvgIpc) is 2.92. The Hall–Kier alpha value is -2.80. The summed E-state index contributed by atoms with van der Waals surface area (Å²) in [5.74, 6) is -0.329. The minimum atomic E-state index is -0.487. The summed E-state index contributed by atoms with van der Waals surface area (Å²) < 4.78 is 0.936. The Morgan fingerprint density at radius 3 is 2.52 bits per heavy atom. The minimum Gasteiger partial charge on any atom is -0.320 e.